The van der Waals surface area contributed by atoms with Crippen molar-refractivity contribution in [3.8, 4) is 0 Å². The Morgan fingerprint density at radius 3 is 2.76 bits per heavy atom. The number of amides is 1. The van der Waals surface area contributed by atoms with Crippen LogP contribution in [0.25, 0.3) is 0 Å². The van der Waals surface area contributed by atoms with Gasteiger partial charge in [0.25, 0.3) is 0 Å². The topological polar surface area (TPSA) is 41.6 Å². The van der Waals surface area contributed by atoms with Crippen LogP contribution in [0.3, 0.4) is 0 Å². The van der Waals surface area contributed by atoms with Crippen molar-refractivity contribution in [2.24, 2.45) is 0 Å². The molecule has 0 aromatic heterocycles. The summed E-state index contributed by atoms with van der Waals surface area (Å²) >= 11 is 0. The van der Waals surface area contributed by atoms with Gasteiger partial charge in [-0.3, -0.25) is 0 Å². The molecule has 1 atom stereocenters. The minimum atomic E-state index is -0.213. The number of nitrogens with zero attached hydrogens (tertiary/aromatic N) is 1. The first-order chi connectivity index (χ1) is 9.98. The number of hydrogen-bond acceptors (Lipinski definition) is 3. The van der Waals surface area contributed by atoms with Gasteiger partial charge in [0.15, 0.2) is 0 Å². The molecule has 1 aliphatic rings. The van der Waals surface area contributed by atoms with Crippen molar-refractivity contribution in [1.29, 1.82) is 0 Å². The van der Waals surface area contributed by atoms with Crippen LogP contribution in [0.5, 0.6) is 0 Å². The average molecular weight is 290 g/mol. The van der Waals surface area contributed by atoms with Gasteiger partial charge in [-0.05, 0) is 25.3 Å². The van der Waals surface area contributed by atoms with Gasteiger partial charge in [-0.2, -0.15) is 0 Å². The van der Waals surface area contributed by atoms with Crippen LogP contribution in [0, 0.1) is 0 Å². The number of hydrogen-bond donors (Lipinski definition) is 1. The van der Waals surface area contributed by atoms with E-state index in [1.807, 2.05) is 35.2 Å². The molecule has 0 saturated carbocycles. The number of carbonyl (C=O) groups excluding carboxylic acids is 1. The van der Waals surface area contributed by atoms with E-state index in [9.17, 15) is 4.79 Å². The highest BCUT2D eigenvalue weighted by molar-refractivity contribution is 5.68. The van der Waals surface area contributed by atoms with Gasteiger partial charge in [-0.1, -0.05) is 44.2 Å². The summed E-state index contributed by atoms with van der Waals surface area (Å²) in [6.45, 7) is 8.28. The monoisotopic (exact) mass is 290 g/mol. The molecule has 0 radical (unpaired) electrons. The highest BCUT2D eigenvalue weighted by atomic mass is 16.6. The molecule has 1 aliphatic heterocycles. The lowest BCUT2D eigenvalue weighted by molar-refractivity contribution is 0.0672. The maximum absolute atomic E-state index is 12.2. The molecule has 1 aromatic rings. The summed E-state index contributed by atoms with van der Waals surface area (Å²) in [5.74, 6) is 0. The van der Waals surface area contributed by atoms with E-state index in [2.05, 4.69) is 26.1 Å². The lowest BCUT2D eigenvalue weighted by Crippen LogP contribution is -2.58. The number of rotatable bonds is 4. The normalized spacial score (nSPS) is 22.4. The zero-order valence-electron chi connectivity index (χ0n) is 13.3. The highest BCUT2D eigenvalue weighted by Gasteiger charge is 2.33. The second-order valence-corrected chi connectivity index (χ2v) is 6.42. The van der Waals surface area contributed by atoms with E-state index in [1.165, 1.54) is 0 Å². The molecule has 1 aromatic carbocycles. The van der Waals surface area contributed by atoms with Crippen molar-refractivity contribution in [2.45, 2.75) is 51.8 Å². The van der Waals surface area contributed by atoms with Crippen molar-refractivity contribution in [3.63, 3.8) is 0 Å². The third kappa shape index (κ3) is 4.74. The van der Waals surface area contributed by atoms with Crippen LogP contribution in [0.4, 0.5) is 4.79 Å². The average Bonchev–Trinajstić information content (AvgIpc) is 2.44. The third-order valence-electron chi connectivity index (χ3n) is 3.80. The molecule has 4 nitrogen and oxygen atoms in total. The summed E-state index contributed by atoms with van der Waals surface area (Å²) in [6.07, 6.45) is 1.89. The number of carbonyl (C=O) groups is 1. The molecule has 4 heteroatoms. The first kappa shape index (κ1) is 15.8. The zero-order valence-corrected chi connectivity index (χ0v) is 13.3. The first-order valence-electron chi connectivity index (χ1n) is 7.72. The predicted molar refractivity (Wildman–Crippen MR) is 84.1 cm³/mol. The van der Waals surface area contributed by atoms with Gasteiger partial charge in [0.1, 0.15) is 6.61 Å². The third-order valence-corrected chi connectivity index (χ3v) is 3.80. The number of ether oxygens (including phenoxy) is 1. The molecule has 21 heavy (non-hydrogen) atoms. The summed E-state index contributed by atoms with van der Waals surface area (Å²) in [5.41, 5.74) is 1.00. The van der Waals surface area contributed by atoms with Crippen LogP contribution in [-0.4, -0.2) is 35.7 Å². The van der Waals surface area contributed by atoms with Gasteiger partial charge in [0, 0.05) is 24.7 Å². The SMILES string of the molecule is CC(C)N[C@]1(C)CCCN(C(=O)OCc2ccccc2)C1. The Morgan fingerprint density at radius 1 is 1.38 bits per heavy atom. The molecule has 1 amide bonds. The second-order valence-electron chi connectivity index (χ2n) is 6.42. The molecule has 0 bridgehead atoms. The van der Waals surface area contributed by atoms with Crippen LogP contribution in [0.15, 0.2) is 30.3 Å². The summed E-state index contributed by atoms with van der Waals surface area (Å²) in [5, 5.41) is 3.57. The fourth-order valence-corrected chi connectivity index (χ4v) is 3.02. The lowest BCUT2D eigenvalue weighted by atomic mass is 9.90. The molecule has 0 unspecified atom stereocenters. The van der Waals surface area contributed by atoms with E-state index in [4.69, 9.17) is 4.74 Å². The zero-order chi connectivity index (χ0) is 15.3. The Hall–Kier alpha value is -1.55. The molecule has 2 rings (SSSR count). The van der Waals surface area contributed by atoms with Gasteiger partial charge in [-0.25, -0.2) is 4.79 Å². The minimum absolute atomic E-state index is 0.0157. The summed E-state index contributed by atoms with van der Waals surface area (Å²) in [6, 6.07) is 10.2. The van der Waals surface area contributed by atoms with Crippen LogP contribution in [0.2, 0.25) is 0 Å². The molecule has 1 saturated heterocycles. The maximum atomic E-state index is 12.2. The van der Waals surface area contributed by atoms with Crippen LogP contribution < -0.4 is 5.32 Å². The van der Waals surface area contributed by atoms with Crippen molar-refractivity contribution in [3.05, 3.63) is 35.9 Å². The molecule has 0 spiro atoms. The Bertz CT molecular complexity index is 461. The molecule has 1 heterocycles. The maximum Gasteiger partial charge on any atom is 0.410 e. The minimum Gasteiger partial charge on any atom is -0.445 e. The van der Waals surface area contributed by atoms with Crippen molar-refractivity contribution in [1.82, 2.24) is 10.2 Å². The lowest BCUT2D eigenvalue weighted by Gasteiger charge is -2.41. The fraction of sp³-hybridized carbons (Fsp3) is 0.588. The Morgan fingerprint density at radius 2 is 2.10 bits per heavy atom. The van der Waals surface area contributed by atoms with Crippen molar-refractivity contribution in [2.75, 3.05) is 13.1 Å². The van der Waals surface area contributed by atoms with E-state index >= 15 is 0 Å². The van der Waals surface area contributed by atoms with Crippen LogP contribution in [-0.2, 0) is 11.3 Å². The van der Waals surface area contributed by atoms with E-state index in [0.29, 0.717) is 19.2 Å². The molecule has 1 fully saturated rings. The molecular formula is C17H26N2O2. The number of piperidine rings is 1. The van der Waals surface area contributed by atoms with Gasteiger partial charge in [0.2, 0.25) is 0 Å². The summed E-state index contributed by atoms with van der Waals surface area (Å²) in [7, 11) is 0. The Balaban J connectivity index is 1.87. The van der Waals surface area contributed by atoms with Gasteiger partial charge in [-0.15, -0.1) is 0 Å². The van der Waals surface area contributed by atoms with Gasteiger partial charge >= 0.3 is 6.09 Å². The number of likely N-dealkylation sites (tertiary alicyclic amines) is 1. The number of benzene rings is 1. The van der Waals surface area contributed by atoms with E-state index < -0.39 is 0 Å². The Labute approximate surface area is 127 Å². The van der Waals surface area contributed by atoms with Gasteiger partial charge < -0.3 is 15.0 Å². The smallest absolute Gasteiger partial charge is 0.410 e. The predicted octanol–water partition coefficient (Wildman–Crippen LogP) is 3.18. The van der Waals surface area contributed by atoms with E-state index in [-0.39, 0.29) is 11.6 Å². The second kappa shape index (κ2) is 6.94. The van der Waals surface area contributed by atoms with Crippen LogP contribution >= 0.6 is 0 Å². The quantitative estimate of drug-likeness (QED) is 0.926. The molecular weight excluding hydrogens is 264 g/mol. The largest absolute Gasteiger partial charge is 0.445 e. The summed E-state index contributed by atoms with van der Waals surface area (Å²) < 4.78 is 5.43. The highest BCUT2D eigenvalue weighted by Crippen LogP contribution is 2.22. The first-order valence-corrected chi connectivity index (χ1v) is 7.72. The molecule has 116 valence electrons. The van der Waals surface area contributed by atoms with Crippen molar-refractivity contribution < 1.29 is 9.53 Å². The fourth-order valence-electron chi connectivity index (χ4n) is 3.02. The van der Waals surface area contributed by atoms with Crippen LogP contribution in [0.1, 0.15) is 39.2 Å². The van der Waals surface area contributed by atoms with E-state index in [0.717, 1.165) is 24.9 Å². The molecule has 1 N–H and O–H groups in total. The van der Waals surface area contributed by atoms with Gasteiger partial charge in [0.05, 0.1) is 0 Å². The van der Waals surface area contributed by atoms with Crippen molar-refractivity contribution >= 4 is 6.09 Å². The number of nitrogens with one attached hydrogen (secondary N) is 1. The molecule has 0 aliphatic carbocycles. The Kier molecular flexibility index (Phi) is 5.23. The van der Waals surface area contributed by atoms with E-state index in [1.54, 1.807) is 0 Å². The summed E-state index contributed by atoms with van der Waals surface area (Å²) in [4.78, 5) is 14.0. The standard InChI is InChI=1S/C17H26N2O2/c1-14(2)18-17(3)10-7-11-19(13-17)16(20)21-12-15-8-5-4-6-9-15/h4-6,8-9,14,18H,7,10-13H2,1-3H3/t17-/m1/s1.